The Labute approximate surface area is 79.7 Å². The third-order valence-corrected chi connectivity index (χ3v) is 2.83. The summed E-state index contributed by atoms with van der Waals surface area (Å²) >= 11 is 0. The van der Waals surface area contributed by atoms with Crippen molar-refractivity contribution < 1.29 is 4.79 Å². The molecular weight excluding hydrogens is 166 g/mol. The van der Waals surface area contributed by atoms with Gasteiger partial charge in [0.2, 0.25) is 0 Å². The zero-order valence-electron chi connectivity index (χ0n) is 8.63. The number of nitrogens with zero attached hydrogens (tertiary/aromatic N) is 1. The van der Waals surface area contributed by atoms with Gasteiger partial charge in [0.1, 0.15) is 0 Å². The number of urea groups is 1. The highest BCUT2D eigenvalue weighted by Gasteiger charge is 2.26. The maximum absolute atomic E-state index is 11.3. The molecule has 0 aliphatic carbocycles. The summed E-state index contributed by atoms with van der Waals surface area (Å²) in [5.41, 5.74) is 0. The number of likely N-dealkylation sites (N-methyl/N-ethyl adjacent to an activating group) is 1. The van der Waals surface area contributed by atoms with Crippen molar-refractivity contribution in [2.24, 2.45) is 5.92 Å². The van der Waals surface area contributed by atoms with Crippen LogP contribution < -0.4 is 10.6 Å². The van der Waals surface area contributed by atoms with E-state index < -0.39 is 0 Å². The molecule has 0 saturated carbocycles. The van der Waals surface area contributed by atoms with E-state index in [9.17, 15) is 4.79 Å². The summed E-state index contributed by atoms with van der Waals surface area (Å²) in [5.74, 6) is 0.658. The van der Waals surface area contributed by atoms with Gasteiger partial charge in [-0.25, -0.2) is 4.79 Å². The first kappa shape index (κ1) is 10.3. The van der Waals surface area contributed by atoms with Gasteiger partial charge in [-0.2, -0.15) is 0 Å². The molecule has 0 aromatic rings. The van der Waals surface area contributed by atoms with Crippen LogP contribution in [0.3, 0.4) is 0 Å². The van der Waals surface area contributed by atoms with Crippen LogP contribution in [0.15, 0.2) is 0 Å². The molecule has 2 unspecified atom stereocenters. The van der Waals surface area contributed by atoms with Crippen molar-refractivity contribution >= 4 is 6.03 Å². The summed E-state index contributed by atoms with van der Waals surface area (Å²) in [4.78, 5) is 13.2. The fraction of sp³-hybridized carbons (Fsp3) is 0.889. The van der Waals surface area contributed by atoms with E-state index in [0.717, 1.165) is 19.5 Å². The van der Waals surface area contributed by atoms with E-state index in [4.69, 9.17) is 0 Å². The predicted octanol–water partition coefficient (Wildman–Crippen LogP) is 0.256. The second-order valence-corrected chi connectivity index (χ2v) is 3.66. The Morgan fingerprint density at radius 2 is 2.15 bits per heavy atom. The third kappa shape index (κ3) is 2.34. The van der Waals surface area contributed by atoms with Gasteiger partial charge >= 0.3 is 6.03 Å². The molecule has 1 heterocycles. The molecule has 1 saturated heterocycles. The summed E-state index contributed by atoms with van der Waals surface area (Å²) in [7, 11) is 3.63. The van der Waals surface area contributed by atoms with Crippen molar-refractivity contribution in [2.45, 2.75) is 19.4 Å². The summed E-state index contributed by atoms with van der Waals surface area (Å²) in [6.07, 6.45) is 1.08. The highest BCUT2D eigenvalue weighted by Crippen LogP contribution is 2.16. The normalized spacial score (nSPS) is 28.7. The van der Waals surface area contributed by atoms with E-state index in [1.807, 2.05) is 11.9 Å². The number of piperidine rings is 1. The second kappa shape index (κ2) is 4.46. The minimum absolute atomic E-state index is 0.0344. The highest BCUT2D eigenvalue weighted by molar-refractivity contribution is 5.73. The van der Waals surface area contributed by atoms with Gasteiger partial charge in [-0.3, -0.25) is 0 Å². The smallest absolute Gasteiger partial charge is 0.317 e. The minimum Gasteiger partial charge on any atom is -0.341 e. The first-order chi connectivity index (χ1) is 6.19. The fourth-order valence-corrected chi connectivity index (χ4v) is 1.79. The molecule has 76 valence electrons. The van der Waals surface area contributed by atoms with Gasteiger partial charge in [0.05, 0.1) is 0 Å². The average molecular weight is 185 g/mol. The topological polar surface area (TPSA) is 44.4 Å². The number of carbonyl (C=O) groups is 1. The lowest BCUT2D eigenvalue weighted by Crippen LogP contribution is -2.52. The summed E-state index contributed by atoms with van der Waals surface area (Å²) in [5, 5.41) is 5.89. The SMILES string of the molecule is CNC(=O)N1CCC(C)C(NC)C1. The Balaban J connectivity index is 2.49. The minimum atomic E-state index is 0.0344. The molecule has 0 aromatic heterocycles. The molecule has 2 atom stereocenters. The van der Waals surface area contributed by atoms with Gasteiger partial charge in [-0.15, -0.1) is 0 Å². The number of amides is 2. The average Bonchev–Trinajstić information content (AvgIpc) is 2.17. The monoisotopic (exact) mass is 185 g/mol. The first-order valence-corrected chi connectivity index (χ1v) is 4.83. The molecule has 0 bridgehead atoms. The molecule has 1 fully saturated rings. The zero-order chi connectivity index (χ0) is 9.84. The number of hydrogen-bond donors (Lipinski definition) is 2. The lowest BCUT2D eigenvalue weighted by atomic mass is 9.94. The number of nitrogens with one attached hydrogen (secondary N) is 2. The van der Waals surface area contributed by atoms with Crippen LogP contribution in [0, 0.1) is 5.92 Å². The quantitative estimate of drug-likeness (QED) is 0.615. The van der Waals surface area contributed by atoms with Crippen LogP contribution in [0.5, 0.6) is 0 Å². The van der Waals surface area contributed by atoms with E-state index >= 15 is 0 Å². The zero-order valence-corrected chi connectivity index (χ0v) is 8.63. The molecule has 2 amide bonds. The Kier molecular flexibility index (Phi) is 3.54. The van der Waals surface area contributed by atoms with Crippen molar-refractivity contribution in [3.63, 3.8) is 0 Å². The molecule has 1 rings (SSSR count). The molecule has 0 aromatic carbocycles. The predicted molar refractivity (Wildman–Crippen MR) is 52.7 cm³/mol. The lowest BCUT2D eigenvalue weighted by Gasteiger charge is -2.36. The van der Waals surface area contributed by atoms with Gasteiger partial charge in [0.15, 0.2) is 0 Å². The van der Waals surface area contributed by atoms with Gasteiger partial charge in [0, 0.05) is 26.2 Å². The number of carbonyl (C=O) groups excluding carboxylic acids is 1. The molecule has 0 radical (unpaired) electrons. The molecular formula is C9H19N3O. The Bertz CT molecular complexity index is 184. The highest BCUT2D eigenvalue weighted by atomic mass is 16.2. The Morgan fingerprint density at radius 1 is 1.46 bits per heavy atom. The van der Waals surface area contributed by atoms with Crippen LogP contribution in [-0.2, 0) is 0 Å². The van der Waals surface area contributed by atoms with Crippen LogP contribution in [-0.4, -0.2) is 44.2 Å². The molecule has 1 aliphatic rings. The third-order valence-electron chi connectivity index (χ3n) is 2.83. The van der Waals surface area contributed by atoms with Crippen molar-refractivity contribution in [1.82, 2.24) is 15.5 Å². The Hall–Kier alpha value is -0.770. The molecule has 1 aliphatic heterocycles. The number of likely N-dealkylation sites (tertiary alicyclic amines) is 1. The van der Waals surface area contributed by atoms with Crippen molar-refractivity contribution in [3.8, 4) is 0 Å². The standard InChI is InChI=1S/C9H19N3O/c1-7-4-5-12(9(13)11-3)6-8(7)10-2/h7-8,10H,4-6H2,1-3H3,(H,11,13). The largest absolute Gasteiger partial charge is 0.341 e. The maximum atomic E-state index is 11.3. The fourth-order valence-electron chi connectivity index (χ4n) is 1.79. The summed E-state index contributed by atoms with van der Waals surface area (Å²) < 4.78 is 0. The van der Waals surface area contributed by atoms with Crippen molar-refractivity contribution in [1.29, 1.82) is 0 Å². The summed E-state index contributed by atoms with van der Waals surface area (Å²) in [6.45, 7) is 3.92. The van der Waals surface area contributed by atoms with Crippen LogP contribution in [0.2, 0.25) is 0 Å². The van der Waals surface area contributed by atoms with Crippen LogP contribution in [0.1, 0.15) is 13.3 Å². The summed E-state index contributed by atoms with van der Waals surface area (Å²) in [6, 6.07) is 0.471. The van der Waals surface area contributed by atoms with E-state index in [0.29, 0.717) is 12.0 Å². The molecule has 0 spiro atoms. The van der Waals surface area contributed by atoms with Crippen LogP contribution in [0.25, 0.3) is 0 Å². The van der Waals surface area contributed by atoms with Gasteiger partial charge in [-0.05, 0) is 19.4 Å². The van der Waals surface area contributed by atoms with E-state index in [-0.39, 0.29) is 6.03 Å². The first-order valence-electron chi connectivity index (χ1n) is 4.83. The van der Waals surface area contributed by atoms with Crippen LogP contribution >= 0.6 is 0 Å². The van der Waals surface area contributed by atoms with Crippen molar-refractivity contribution in [3.05, 3.63) is 0 Å². The lowest BCUT2D eigenvalue weighted by molar-refractivity contribution is 0.155. The van der Waals surface area contributed by atoms with Crippen LogP contribution in [0.4, 0.5) is 4.79 Å². The van der Waals surface area contributed by atoms with Gasteiger partial charge in [0.25, 0.3) is 0 Å². The Morgan fingerprint density at radius 3 is 2.69 bits per heavy atom. The molecule has 13 heavy (non-hydrogen) atoms. The second-order valence-electron chi connectivity index (χ2n) is 3.66. The number of rotatable bonds is 1. The molecule has 4 heteroatoms. The number of hydrogen-bond acceptors (Lipinski definition) is 2. The molecule has 2 N–H and O–H groups in total. The van der Waals surface area contributed by atoms with Gasteiger partial charge < -0.3 is 15.5 Å². The maximum Gasteiger partial charge on any atom is 0.317 e. The molecule has 4 nitrogen and oxygen atoms in total. The van der Waals surface area contributed by atoms with E-state index in [1.54, 1.807) is 7.05 Å². The van der Waals surface area contributed by atoms with E-state index in [1.165, 1.54) is 0 Å². The van der Waals surface area contributed by atoms with Crippen molar-refractivity contribution in [2.75, 3.05) is 27.2 Å². The van der Waals surface area contributed by atoms with E-state index in [2.05, 4.69) is 17.6 Å². The van der Waals surface area contributed by atoms with Gasteiger partial charge in [-0.1, -0.05) is 6.92 Å².